The van der Waals surface area contributed by atoms with Gasteiger partial charge in [-0.15, -0.1) is 3.89 Å². The molecule has 0 aliphatic heterocycles. The van der Waals surface area contributed by atoms with Crippen molar-refractivity contribution < 1.29 is 22.6 Å². The van der Waals surface area contributed by atoms with Gasteiger partial charge in [0.15, 0.2) is 12.3 Å². The van der Waals surface area contributed by atoms with Crippen molar-refractivity contribution in [2.75, 3.05) is 7.11 Å². The van der Waals surface area contributed by atoms with Gasteiger partial charge in [0.05, 0.1) is 24.0 Å². The van der Waals surface area contributed by atoms with Crippen LogP contribution >= 0.6 is 12.3 Å². The van der Waals surface area contributed by atoms with Crippen LogP contribution in [0.1, 0.15) is 18.1 Å². The molecule has 0 aliphatic carbocycles. The molecule has 0 fully saturated rings. The van der Waals surface area contributed by atoms with Crippen LogP contribution in [-0.4, -0.2) is 26.9 Å². The lowest BCUT2D eigenvalue weighted by atomic mass is 10.0. The monoisotopic (exact) mass is 487 g/mol. The highest BCUT2D eigenvalue weighted by atomic mass is 32.2. The third-order valence-electron chi connectivity index (χ3n) is 4.92. The highest BCUT2D eigenvalue weighted by molar-refractivity contribution is 7.92. The maximum absolute atomic E-state index is 13.1. The molecule has 1 aromatic carbocycles. The number of hydrogen-bond donors (Lipinski definition) is 0. The van der Waals surface area contributed by atoms with E-state index in [1.807, 2.05) is 0 Å². The van der Waals surface area contributed by atoms with E-state index in [9.17, 15) is 13.5 Å². The highest BCUT2D eigenvalue weighted by Gasteiger charge is 2.19. The number of furan rings is 1. The summed E-state index contributed by atoms with van der Waals surface area (Å²) in [5, 5.41) is 0.727. The Morgan fingerprint density at radius 1 is 1.24 bits per heavy atom. The Labute approximate surface area is 198 Å². The van der Waals surface area contributed by atoms with Gasteiger partial charge < -0.3 is 18.7 Å². The van der Waals surface area contributed by atoms with Crippen molar-refractivity contribution >= 4 is 29.6 Å². The van der Waals surface area contributed by atoms with Gasteiger partial charge in [0, 0.05) is 31.5 Å². The number of rotatable bonds is 6. The molecule has 4 rings (SSSR count). The molecule has 3 aromatic heterocycles. The minimum absolute atomic E-state index is 0.199. The second-order valence-electron chi connectivity index (χ2n) is 7.02. The first-order valence-corrected chi connectivity index (χ1v) is 10.7. The summed E-state index contributed by atoms with van der Waals surface area (Å²) >= 11 is -0.414. The van der Waals surface area contributed by atoms with Crippen LogP contribution in [0.15, 0.2) is 56.8 Å². The van der Waals surface area contributed by atoms with Crippen molar-refractivity contribution in [1.82, 2.24) is 13.5 Å². The third kappa shape index (κ3) is 4.80. The van der Waals surface area contributed by atoms with E-state index < -0.39 is 23.6 Å². The summed E-state index contributed by atoms with van der Waals surface area (Å²) in [5.74, 6) is 0.876. The van der Waals surface area contributed by atoms with Crippen LogP contribution in [0.4, 0.5) is 3.89 Å². The molecule has 0 spiro atoms. The zero-order valence-electron chi connectivity index (χ0n) is 18.9. The van der Waals surface area contributed by atoms with Crippen LogP contribution in [0.25, 0.3) is 22.2 Å². The molecule has 0 N–H and O–H groups in total. The number of nitrogens with zero attached hydrogens (tertiary/aromatic N) is 3. The Morgan fingerprint density at radius 2 is 1.97 bits per heavy atom. The summed E-state index contributed by atoms with van der Waals surface area (Å²) in [6, 6.07) is 8.68. The molecular formula is C23H22FN3O6S. The average molecular weight is 488 g/mol. The number of hydrogen-bond acceptors (Lipinski definition) is 8. The quantitative estimate of drug-likeness (QED) is 0.373. The first-order chi connectivity index (χ1) is 16.4. The molecule has 178 valence electrons. The third-order valence-corrected chi connectivity index (χ3v) is 5.38. The van der Waals surface area contributed by atoms with Crippen LogP contribution in [0, 0.1) is 6.92 Å². The smallest absolute Gasteiger partial charge is 0.343 e. The normalized spacial score (nSPS) is 10.6. The number of benzene rings is 1. The van der Waals surface area contributed by atoms with Gasteiger partial charge in [-0.1, -0.05) is 0 Å². The van der Waals surface area contributed by atoms with Crippen molar-refractivity contribution in [3.8, 4) is 22.9 Å². The fourth-order valence-electron chi connectivity index (χ4n) is 3.47. The van der Waals surface area contributed by atoms with Gasteiger partial charge in [0.2, 0.25) is 5.88 Å². The number of aldehydes is 1. The molecule has 0 aliphatic rings. The lowest BCUT2D eigenvalue weighted by molar-refractivity contribution is -0.106. The Hall–Kier alpha value is -3.70. The summed E-state index contributed by atoms with van der Waals surface area (Å²) in [4.78, 5) is 38.0. The standard InChI is InChI=1S/C21H18FN3O5S.C2H4O/c1-12-18(24(2)21(27)25(31-22)20(12)26)15-5-4-14(10-13(15)11-28-3)30-19-16-7-9-29-17(16)6-8-23-19;1-2-3/h4-10H,11H2,1-3H3;2H,1H3. The second kappa shape index (κ2) is 10.9. The molecule has 0 unspecified atom stereocenters. The largest absolute Gasteiger partial charge is 0.464 e. The maximum atomic E-state index is 13.1. The van der Waals surface area contributed by atoms with Crippen molar-refractivity contribution in [3.05, 3.63) is 74.8 Å². The van der Waals surface area contributed by atoms with E-state index in [0.717, 1.165) is 11.7 Å². The number of methoxy groups -OCH3 is 1. The summed E-state index contributed by atoms with van der Waals surface area (Å²) in [7, 11) is 3.02. The molecule has 0 amide bonds. The van der Waals surface area contributed by atoms with Gasteiger partial charge >= 0.3 is 5.69 Å². The van der Waals surface area contributed by atoms with Crippen LogP contribution in [0.3, 0.4) is 0 Å². The Balaban J connectivity index is 0.00000103. The molecule has 0 radical (unpaired) electrons. The SMILES string of the molecule is CC=O.COCc1cc(Oc2nccc3occc23)ccc1-c1c(C)c(=O)n(SF)c(=O)n1C. The summed E-state index contributed by atoms with van der Waals surface area (Å²) in [6.07, 6.45) is 3.89. The summed E-state index contributed by atoms with van der Waals surface area (Å²) < 4.78 is 31.5. The van der Waals surface area contributed by atoms with Crippen molar-refractivity contribution in [1.29, 1.82) is 0 Å². The fraction of sp³-hybridized carbons (Fsp3) is 0.217. The van der Waals surface area contributed by atoms with E-state index in [0.29, 0.717) is 38.0 Å². The summed E-state index contributed by atoms with van der Waals surface area (Å²) in [6.45, 7) is 3.19. The minimum Gasteiger partial charge on any atom is -0.464 e. The lowest BCUT2D eigenvalue weighted by Crippen LogP contribution is -2.37. The highest BCUT2D eigenvalue weighted by Crippen LogP contribution is 2.33. The first kappa shape index (κ1) is 24.9. The average Bonchev–Trinajstić information content (AvgIpc) is 3.30. The van der Waals surface area contributed by atoms with Gasteiger partial charge in [-0.3, -0.25) is 9.36 Å². The molecule has 0 saturated heterocycles. The van der Waals surface area contributed by atoms with E-state index >= 15 is 0 Å². The van der Waals surface area contributed by atoms with Gasteiger partial charge in [-0.05, 0) is 49.7 Å². The Morgan fingerprint density at radius 3 is 2.65 bits per heavy atom. The van der Waals surface area contributed by atoms with Gasteiger partial charge in [0.25, 0.3) is 5.56 Å². The Kier molecular flexibility index (Phi) is 8.03. The zero-order valence-corrected chi connectivity index (χ0v) is 19.7. The van der Waals surface area contributed by atoms with Gasteiger partial charge in [-0.25, -0.2) is 9.78 Å². The second-order valence-corrected chi connectivity index (χ2v) is 7.53. The van der Waals surface area contributed by atoms with Crippen molar-refractivity contribution in [2.24, 2.45) is 7.05 Å². The molecule has 0 atom stereocenters. The van der Waals surface area contributed by atoms with Crippen molar-refractivity contribution in [2.45, 2.75) is 20.5 Å². The van der Waals surface area contributed by atoms with E-state index in [2.05, 4.69) is 4.98 Å². The van der Waals surface area contributed by atoms with E-state index in [4.69, 9.17) is 18.7 Å². The predicted molar refractivity (Wildman–Crippen MR) is 127 cm³/mol. The fourth-order valence-corrected chi connectivity index (χ4v) is 3.85. The molecular weight excluding hydrogens is 465 g/mol. The van der Waals surface area contributed by atoms with Crippen molar-refractivity contribution in [3.63, 3.8) is 0 Å². The predicted octanol–water partition coefficient (Wildman–Crippen LogP) is 4.19. The first-order valence-electron chi connectivity index (χ1n) is 10.0. The molecule has 11 heteroatoms. The molecule has 4 aromatic rings. The van der Waals surface area contributed by atoms with Crippen LogP contribution < -0.4 is 16.0 Å². The van der Waals surface area contributed by atoms with Crippen LogP contribution in [0.5, 0.6) is 11.6 Å². The van der Waals surface area contributed by atoms with E-state index in [1.54, 1.807) is 49.7 Å². The minimum atomic E-state index is -0.766. The molecule has 0 saturated carbocycles. The number of pyridine rings is 1. The number of aromatic nitrogens is 3. The maximum Gasteiger partial charge on any atom is 0.343 e. The zero-order chi connectivity index (χ0) is 24.8. The molecule has 0 bridgehead atoms. The van der Waals surface area contributed by atoms with E-state index in [-0.39, 0.29) is 12.2 Å². The number of carbonyl (C=O) groups excluding carboxylic acids is 1. The number of carbonyl (C=O) groups is 1. The number of fused-ring (bicyclic) bond motifs is 1. The molecule has 9 nitrogen and oxygen atoms in total. The molecule has 34 heavy (non-hydrogen) atoms. The number of ether oxygens (including phenoxy) is 2. The topological polar surface area (TPSA) is 106 Å². The van der Waals surface area contributed by atoms with E-state index in [1.165, 1.54) is 25.6 Å². The van der Waals surface area contributed by atoms with Crippen LogP contribution in [-0.2, 0) is 23.2 Å². The van der Waals surface area contributed by atoms with Gasteiger partial charge in [-0.2, -0.15) is 3.97 Å². The lowest BCUT2D eigenvalue weighted by Gasteiger charge is -2.17. The molecule has 3 heterocycles. The summed E-state index contributed by atoms with van der Waals surface area (Å²) in [5.41, 5.74) is 1.09. The number of halogens is 1. The van der Waals surface area contributed by atoms with Gasteiger partial charge in [0.1, 0.15) is 17.6 Å². The van der Waals surface area contributed by atoms with Crippen LogP contribution in [0.2, 0.25) is 0 Å². The Bertz CT molecular complexity index is 1410.